The molecule has 1 unspecified atom stereocenters. The Balaban J connectivity index is 2.51. The number of carbonyl (C=O) groups excluding carboxylic acids is 1. The van der Waals surface area contributed by atoms with Crippen LogP contribution in [0.25, 0.3) is 0 Å². The van der Waals surface area contributed by atoms with Crippen LogP contribution < -0.4 is 5.32 Å². The minimum Gasteiger partial charge on any atom is -0.469 e. The zero-order chi connectivity index (χ0) is 17.4. The van der Waals surface area contributed by atoms with Gasteiger partial charge in [0.25, 0.3) is 5.66 Å². The molecule has 3 atom stereocenters. The summed E-state index contributed by atoms with van der Waals surface area (Å²) in [5.74, 6) is -1.58. The smallest absolute Gasteiger partial charge is 0.321 e. The van der Waals surface area contributed by atoms with Gasteiger partial charge >= 0.3 is 9.90 Å². The lowest BCUT2D eigenvalue weighted by molar-refractivity contribution is -0.145. The largest absolute Gasteiger partial charge is 0.469 e. The fourth-order valence-electron chi connectivity index (χ4n) is 2.65. The molecule has 0 saturated carbocycles. The van der Waals surface area contributed by atoms with Crippen molar-refractivity contribution >= 4 is 37.8 Å². The number of rotatable bonds is 4. The highest BCUT2D eigenvalue weighted by molar-refractivity contribution is 14.1. The van der Waals surface area contributed by atoms with Crippen molar-refractivity contribution in [2.24, 2.45) is 5.92 Å². The first-order chi connectivity index (χ1) is 10.5. The van der Waals surface area contributed by atoms with Gasteiger partial charge in [-0.15, -0.1) is 0 Å². The normalized spacial score (nSPS) is 22.2. The van der Waals surface area contributed by atoms with E-state index in [2.05, 4.69) is 5.32 Å². The predicted molar refractivity (Wildman–Crippen MR) is 89.1 cm³/mol. The van der Waals surface area contributed by atoms with Gasteiger partial charge in [0.2, 0.25) is 0 Å². The lowest BCUT2D eigenvalue weighted by Crippen LogP contribution is -2.23. The second-order valence-corrected chi connectivity index (χ2v) is 7.44. The molecule has 3 nitrogen and oxygen atoms in total. The Morgan fingerprint density at radius 3 is 2.39 bits per heavy atom. The average molecular weight is 463 g/mol. The van der Waals surface area contributed by atoms with E-state index in [1.165, 1.54) is 28.5 Å². The Morgan fingerprint density at radius 2 is 1.87 bits per heavy atom. The minimum atomic E-state index is -3.33. The van der Waals surface area contributed by atoms with E-state index >= 15 is 0 Å². The fourth-order valence-corrected chi connectivity index (χ4v) is 3.13. The van der Waals surface area contributed by atoms with Crippen LogP contribution in [0.5, 0.6) is 0 Å². The molecular formula is C14H15F4INO2P. The van der Waals surface area contributed by atoms with Gasteiger partial charge < -0.3 is 10.1 Å². The maximum absolute atomic E-state index is 13.6. The third-order valence-corrected chi connectivity index (χ3v) is 4.77. The van der Waals surface area contributed by atoms with E-state index in [4.69, 9.17) is 4.74 Å². The van der Waals surface area contributed by atoms with Crippen molar-refractivity contribution < 1.29 is 27.1 Å². The zero-order valence-electron chi connectivity index (χ0n) is 12.1. The second kappa shape index (κ2) is 6.80. The van der Waals surface area contributed by atoms with Gasteiger partial charge in [-0.2, -0.15) is 17.6 Å². The standard InChI is InChI=1S/C14H15F4INO2P/c1-22-12(21)11-6-20-5-10(11)7-2-8(13(15,16)19)4-9(3-7)14(17,18)23/h2-4,10-11,20H,5-6,23H2,1H3/t10-,11+/m1/s1. The molecule has 1 aromatic carbocycles. The van der Waals surface area contributed by atoms with Crippen molar-refractivity contribution in [2.75, 3.05) is 20.2 Å². The van der Waals surface area contributed by atoms with Crippen LogP contribution in [0, 0.1) is 5.92 Å². The molecule has 0 radical (unpaired) electrons. The molecule has 23 heavy (non-hydrogen) atoms. The molecule has 1 fully saturated rings. The van der Waals surface area contributed by atoms with E-state index in [0.29, 0.717) is 13.1 Å². The number of esters is 1. The highest BCUT2D eigenvalue weighted by atomic mass is 127. The maximum atomic E-state index is 13.6. The number of carbonyl (C=O) groups is 1. The number of halogens is 5. The third kappa shape index (κ3) is 4.33. The van der Waals surface area contributed by atoms with Gasteiger partial charge in [0.1, 0.15) is 0 Å². The Morgan fingerprint density at radius 1 is 1.26 bits per heavy atom. The molecule has 2 rings (SSSR count). The van der Waals surface area contributed by atoms with E-state index in [1.54, 1.807) is 0 Å². The second-order valence-electron chi connectivity index (χ2n) is 5.36. The monoisotopic (exact) mass is 463 g/mol. The van der Waals surface area contributed by atoms with Crippen molar-refractivity contribution in [3.05, 3.63) is 34.9 Å². The summed E-state index contributed by atoms with van der Waals surface area (Å²) in [6.07, 6.45) is 0. The first kappa shape index (κ1) is 18.9. The Labute approximate surface area is 146 Å². The number of alkyl halides is 5. The Kier molecular flexibility index (Phi) is 5.58. The molecule has 0 aromatic heterocycles. The quantitative estimate of drug-likeness (QED) is 0.244. The van der Waals surface area contributed by atoms with E-state index in [0.717, 1.165) is 28.7 Å². The zero-order valence-corrected chi connectivity index (χ0v) is 15.4. The lowest BCUT2D eigenvalue weighted by Gasteiger charge is -2.22. The van der Waals surface area contributed by atoms with Gasteiger partial charge in [-0.3, -0.25) is 4.79 Å². The van der Waals surface area contributed by atoms with Gasteiger partial charge in [-0.1, -0.05) is 9.24 Å². The van der Waals surface area contributed by atoms with Crippen LogP contribution in [0.1, 0.15) is 22.6 Å². The van der Waals surface area contributed by atoms with Crippen LogP contribution in [-0.2, 0) is 19.1 Å². The van der Waals surface area contributed by atoms with Crippen molar-refractivity contribution in [2.45, 2.75) is 15.5 Å². The van der Waals surface area contributed by atoms with Crippen molar-refractivity contribution in [3.8, 4) is 0 Å². The van der Waals surface area contributed by atoms with Crippen molar-refractivity contribution in [1.29, 1.82) is 0 Å². The molecule has 0 aliphatic carbocycles. The van der Waals surface area contributed by atoms with Gasteiger partial charge in [0.05, 0.1) is 13.0 Å². The highest BCUT2D eigenvalue weighted by Crippen LogP contribution is 2.43. The molecule has 9 heteroatoms. The fraction of sp³-hybridized carbons (Fsp3) is 0.500. The first-order valence-corrected chi connectivity index (χ1v) is 8.37. The summed E-state index contributed by atoms with van der Waals surface area (Å²) in [5.41, 5.74) is -4.10. The molecule has 1 aromatic rings. The minimum absolute atomic E-state index is 0.274. The summed E-state index contributed by atoms with van der Waals surface area (Å²) >= 11 is 0.901. The lowest BCUT2D eigenvalue weighted by atomic mass is 9.87. The summed E-state index contributed by atoms with van der Waals surface area (Å²) in [4.78, 5) is 11.8. The van der Waals surface area contributed by atoms with Crippen molar-refractivity contribution in [1.82, 2.24) is 5.32 Å². The molecule has 1 aliphatic heterocycles. The van der Waals surface area contributed by atoms with E-state index in [1.807, 2.05) is 0 Å². The molecule has 128 valence electrons. The van der Waals surface area contributed by atoms with E-state index < -0.39 is 38.5 Å². The summed E-state index contributed by atoms with van der Waals surface area (Å²) in [6, 6.07) is 3.14. The van der Waals surface area contributed by atoms with Crippen LogP contribution in [0.2, 0.25) is 0 Å². The van der Waals surface area contributed by atoms with Crippen LogP contribution in [0.3, 0.4) is 0 Å². The highest BCUT2D eigenvalue weighted by Gasteiger charge is 2.38. The molecule has 1 aliphatic rings. The first-order valence-electron chi connectivity index (χ1n) is 6.72. The van der Waals surface area contributed by atoms with Crippen LogP contribution in [0.15, 0.2) is 18.2 Å². The number of ether oxygens (including phenoxy) is 1. The predicted octanol–water partition coefficient (Wildman–Crippen LogP) is 3.57. The van der Waals surface area contributed by atoms with Gasteiger partial charge in [0.15, 0.2) is 0 Å². The van der Waals surface area contributed by atoms with Crippen LogP contribution >= 0.6 is 31.8 Å². The molecule has 1 N–H and O–H groups in total. The van der Waals surface area contributed by atoms with Crippen LogP contribution in [-0.4, -0.2) is 26.2 Å². The molecule has 0 spiro atoms. The number of hydrogen-bond acceptors (Lipinski definition) is 3. The van der Waals surface area contributed by atoms with Gasteiger partial charge in [0, 0.05) is 52.7 Å². The molecule has 0 bridgehead atoms. The molecule has 0 amide bonds. The number of methoxy groups -OCH3 is 1. The number of benzene rings is 1. The van der Waals surface area contributed by atoms with E-state index in [-0.39, 0.29) is 5.56 Å². The van der Waals surface area contributed by atoms with E-state index in [9.17, 15) is 22.4 Å². The number of nitrogens with one attached hydrogen (secondary N) is 1. The van der Waals surface area contributed by atoms with Gasteiger partial charge in [-0.05, 0) is 23.8 Å². The molecular weight excluding hydrogens is 448 g/mol. The SMILES string of the molecule is COC(=O)[C@H]1CNC[C@@H]1c1cc(C(F)(F)P)cc(C(F)(F)I)c1. The van der Waals surface area contributed by atoms with Crippen LogP contribution in [0.4, 0.5) is 17.6 Å². The third-order valence-electron chi connectivity index (χ3n) is 3.81. The summed E-state index contributed by atoms with van der Waals surface area (Å²) in [7, 11) is 2.58. The summed E-state index contributed by atoms with van der Waals surface area (Å²) in [6.45, 7) is 0.646. The Bertz CT molecular complexity index is 571. The summed E-state index contributed by atoms with van der Waals surface area (Å²) in [5, 5.41) is 2.97. The maximum Gasteiger partial charge on any atom is 0.321 e. The average Bonchev–Trinajstić information content (AvgIpc) is 2.93. The van der Waals surface area contributed by atoms with Gasteiger partial charge in [-0.25, -0.2) is 0 Å². The number of hydrogen-bond donors (Lipinski definition) is 1. The van der Waals surface area contributed by atoms with Crippen molar-refractivity contribution in [3.63, 3.8) is 0 Å². The Hall–Kier alpha value is -0.470. The molecule has 1 saturated heterocycles. The topological polar surface area (TPSA) is 38.3 Å². The molecule has 1 heterocycles. The summed E-state index contributed by atoms with van der Waals surface area (Å²) < 4.78 is 55.9.